The first kappa shape index (κ1) is 22.3. The Hall–Kier alpha value is -2.42. The third-order valence-electron chi connectivity index (χ3n) is 4.07. The van der Waals surface area contributed by atoms with Gasteiger partial charge in [-0.3, -0.25) is 4.79 Å². The van der Waals surface area contributed by atoms with Gasteiger partial charge in [0.15, 0.2) is 11.0 Å². The van der Waals surface area contributed by atoms with Crippen molar-refractivity contribution in [2.45, 2.75) is 25.2 Å². The molecule has 3 aromatic rings. The van der Waals surface area contributed by atoms with Crippen LogP contribution in [0.25, 0.3) is 0 Å². The number of nitrogens with one attached hydrogen (secondary N) is 1. The molecule has 0 spiro atoms. The summed E-state index contributed by atoms with van der Waals surface area (Å²) in [5, 5.41) is 12.7. The Morgan fingerprint density at radius 2 is 1.87 bits per heavy atom. The second-order valence-electron chi connectivity index (χ2n) is 6.07. The summed E-state index contributed by atoms with van der Waals surface area (Å²) in [4.78, 5) is 12.3. The van der Waals surface area contributed by atoms with Crippen molar-refractivity contribution in [1.82, 2.24) is 14.8 Å². The van der Waals surface area contributed by atoms with Gasteiger partial charge in [-0.05, 0) is 49.4 Å². The Kier molecular flexibility index (Phi) is 7.84. The average molecular weight is 467 g/mol. The molecule has 1 N–H and O–H groups in total. The summed E-state index contributed by atoms with van der Waals surface area (Å²) in [5.41, 5.74) is 0.511. The third kappa shape index (κ3) is 5.81. The summed E-state index contributed by atoms with van der Waals surface area (Å²) in [6.45, 7) is 2.90. The van der Waals surface area contributed by atoms with E-state index in [0.29, 0.717) is 39.0 Å². The van der Waals surface area contributed by atoms with Crippen LogP contribution < -0.4 is 14.8 Å². The van der Waals surface area contributed by atoms with Crippen LogP contribution in [0.2, 0.25) is 10.0 Å². The van der Waals surface area contributed by atoms with Crippen LogP contribution >= 0.6 is 35.0 Å². The van der Waals surface area contributed by atoms with Crippen molar-refractivity contribution >= 4 is 46.6 Å². The summed E-state index contributed by atoms with van der Waals surface area (Å²) in [5.74, 6) is 2.10. The lowest BCUT2D eigenvalue weighted by Crippen LogP contribution is -2.15. The zero-order chi connectivity index (χ0) is 21.5. The van der Waals surface area contributed by atoms with Gasteiger partial charge in [-0.2, -0.15) is 0 Å². The molecule has 10 heteroatoms. The molecular formula is C20H20Cl2N4O3S. The van der Waals surface area contributed by atoms with Gasteiger partial charge in [-0.15, -0.1) is 10.2 Å². The number of hydrogen-bond donors (Lipinski definition) is 1. The minimum absolute atomic E-state index is 0.163. The van der Waals surface area contributed by atoms with Gasteiger partial charge in [0.05, 0.1) is 23.6 Å². The Morgan fingerprint density at radius 3 is 2.53 bits per heavy atom. The van der Waals surface area contributed by atoms with Crippen LogP contribution in [0.15, 0.2) is 47.6 Å². The van der Waals surface area contributed by atoms with E-state index in [9.17, 15) is 4.79 Å². The number of benzene rings is 2. The van der Waals surface area contributed by atoms with Gasteiger partial charge < -0.3 is 19.4 Å². The second-order valence-corrected chi connectivity index (χ2v) is 7.85. The standard InChI is InChI=1S/C20H20Cl2N4O3S/c1-3-26-18(11-29-15-7-5-14(28-2)6-8-15)24-25-20(26)30-12-19(27)23-17-9-4-13(21)10-16(17)22/h4-10H,3,11-12H2,1-2H3,(H,23,27). The number of thioether (sulfide) groups is 1. The van der Waals surface area contributed by atoms with Crippen molar-refractivity contribution in [3.8, 4) is 11.5 Å². The quantitative estimate of drug-likeness (QED) is 0.450. The minimum atomic E-state index is -0.203. The SMILES string of the molecule is CCn1c(COc2ccc(OC)cc2)nnc1SCC(=O)Nc1ccc(Cl)cc1Cl. The number of nitrogens with zero attached hydrogens (tertiary/aromatic N) is 3. The van der Waals surface area contributed by atoms with E-state index in [1.807, 2.05) is 35.8 Å². The first-order chi connectivity index (χ1) is 14.5. The van der Waals surface area contributed by atoms with Crippen LogP contribution in [0.4, 0.5) is 5.69 Å². The number of halogens is 2. The first-order valence-electron chi connectivity index (χ1n) is 9.06. The highest BCUT2D eigenvalue weighted by atomic mass is 35.5. The van der Waals surface area contributed by atoms with E-state index < -0.39 is 0 Å². The van der Waals surface area contributed by atoms with E-state index in [1.165, 1.54) is 11.8 Å². The van der Waals surface area contributed by atoms with E-state index in [-0.39, 0.29) is 18.3 Å². The number of amides is 1. The lowest BCUT2D eigenvalue weighted by atomic mass is 10.3. The second kappa shape index (κ2) is 10.6. The summed E-state index contributed by atoms with van der Waals surface area (Å²) in [6, 6.07) is 12.2. The Morgan fingerprint density at radius 1 is 1.13 bits per heavy atom. The van der Waals surface area contributed by atoms with Crippen LogP contribution in [-0.2, 0) is 17.9 Å². The van der Waals surface area contributed by atoms with Crippen LogP contribution in [0.3, 0.4) is 0 Å². The summed E-state index contributed by atoms with van der Waals surface area (Å²) < 4.78 is 12.8. The minimum Gasteiger partial charge on any atom is -0.497 e. The van der Waals surface area contributed by atoms with E-state index in [4.69, 9.17) is 32.7 Å². The van der Waals surface area contributed by atoms with E-state index >= 15 is 0 Å². The molecule has 0 fully saturated rings. The maximum atomic E-state index is 12.3. The average Bonchev–Trinajstić information content (AvgIpc) is 3.15. The molecule has 0 aliphatic heterocycles. The predicted molar refractivity (Wildman–Crippen MR) is 119 cm³/mol. The number of hydrogen-bond acceptors (Lipinski definition) is 6. The number of aromatic nitrogens is 3. The molecular weight excluding hydrogens is 447 g/mol. The summed E-state index contributed by atoms with van der Waals surface area (Å²) >= 11 is 13.3. The Labute approximate surface area is 188 Å². The van der Waals surface area contributed by atoms with E-state index in [0.717, 1.165) is 5.75 Å². The van der Waals surface area contributed by atoms with Gasteiger partial charge in [0.2, 0.25) is 5.91 Å². The van der Waals surface area contributed by atoms with E-state index in [2.05, 4.69) is 15.5 Å². The zero-order valence-corrected chi connectivity index (χ0v) is 18.7. The first-order valence-corrected chi connectivity index (χ1v) is 10.8. The molecule has 30 heavy (non-hydrogen) atoms. The van der Waals surface area contributed by atoms with Crippen molar-refractivity contribution in [2.24, 2.45) is 0 Å². The molecule has 0 aliphatic carbocycles. The molecule has 2 aromatic carbocycles. The molecule has 3 rings (SSSR count). The van der Waals surface area contributed by atoms with E-state index in [1.54, 1.807) is 25.3 Å². The van der Waals surface area contributed by atoms with Gasteiger partial charge in [0.1, 0.15) is 18.1 Å². The van der Waals surface area contributed by atoms with Gasteiger partial charge in [0, 0.05) is 11.6 Å². The van der Waals surface area contributed by atoms with Crippen LogP contribution in [0, 0.1) is 0 Å². The van der Waals surface area contributed by atoms with Gasteiger partial charge in [0.25, 0.3) is 0 Å². The largest absolute Gasteiger partial charge is 0.497 e. The van der Waals surface area contributed by atoms with Crippen molar-refractivity contribution in [1.29, 1.82) is 0 Å². The lowest BCUT2D eigenvalue weighted by molar-refractivity contribution is -0.113. The van der Waals surface area contributed by atoms with Crippen molar-refractivity contribution in [2.75, 3.05) is 18.2 Å². The molecule has 0 bridgehead atoms. The molecule has 1 aromatic heterocycles. The van der Waals surface area contributed by atoms with Crippen molar-refractivity contribution in [3.05, 3.63) is 58.3 Å². The maximum Gasteiger partial charge on any atom is 0.234 e. The highest BCUT2D eigenvalue weighted by Gasteiger charge is 2.14. The number of ether oxygens (including phenoxy) is 2. The highest BCUT2D eigenvalue weighted by molar-refractivity contribution is 7.99. The fourth-order valence-corrected chi connectivity index (χ4v) is 3.85. The summed E-state index contributed by atoms with van der Waals surface area (Å²) in [6.07, 6.45) is 0. The monoisotopic (exact) mass is 466 g/mol. The van der Waals surface area contributed by atoms with Gasteiger partial charge in [-0.1, -0.05) is 35.0 Å². The normalized spacial score (nSPS) is 10.7. The maximum absolute atomic E-state index is 12.3. The van der Waals surface area contributed by atoms with Crippen LogP contribution in [0.5, 0.6) is 11.5 Å². The number of rotatable bonds is 9. The topological polar surface area (TPSA) is 78.3 Å². The lowest BCUT2D eigenvalue weighted by Gasteiger charge is -2.10. The predicted octanol–water partition coefficient (Wildman–Crippen LogP) is 4.92. The van der Waals surface area contributed by atoms with Gasteiger partial charge in [-0.25, -0.2) is 0 Å². The molecule has 0 unspecified atom stereocenters. The molecule has 0 atom stereocenters. The van der Waals surface area contributed by atoms with Crippen LogP contribution in [-0.4, -0.2) is 33.5 Å². The fraction of sp³-hybridized carbons (Fsp3) is 0.250. The fourth-order valence-electron chi connectivity index (χ4n) is 2.58. The molecule has 1 heterocycles. The highest BCUT2D eigenvalue weighted by Crippen LogP contribution is 2.26. The molecule has 7 nitrogen and oxygen atoms in total. The zero-order valence-electron chi connectivity index (χ0n) is 16.4. The van der Waals surface area contributed by atoms with Crippen molar-refractivity contribution in [3.63, 3.8) is 0 Å². The third-order valence-corrected chi connectivity index (χ3v) is 5.59. The number of methoxy groups -OCH3 is 1. The Balaban J connectivity index is 1.57. The van der Waals surface area contributed by atoms with Crippen LogP contribution in [0.1, 0.15) is 12.7 Å². The summed E-state index contributed by atoms with van der Waals surface area (Å²) in [7, 11) is 1.61. The van der Waals surface area contributed by atoms with Gasteiger partial charge >= 0.3 is 0 Å². The molecule has 0 radical (unpaired) electrons. The number of carbonyl (C=O) groups excluding carboxylic acids is 1. The Bertz CT molecular complexity index is 1010. The smallest absolute Gasteiger partial charge is 0.234 e. The molecule has 0 saturated carbocycles. The molecule has 158 valence electrons. The number of anilines is 1. The molecule has 0 saturated heterocycles. The molecule has 0 aliphatic rings. The van der Waals surface area contributed by atoms with Crippen molar-refractivity contribution < 1.29 is 14.3 Å². The molecule has 1 amide bonds. The number of carbonyl (C=O) groups is 1.